The molecule has 1 aliphatic heterocycles. The Labute approximate surface area is 146 Å². The van der Waals surface area contributed by atoms with Crippen molar-refractivity contribution in [3.8, 4) is 6.07 Å². The third kappa shape index (κ3) is 2.90. The molecule has 1 amide bonds. The maximum Gasteiger partial charge on any atom is 0.254 e. The molecule has 0 N–H and O–H groups in total. The van der Waals surface area contributed by atoms with Crippen LogP contribution in [0.3, 0.4) is 0 Å². The molecule has 0 radical (unpaired) electrons. The Balaban J connectivity index is 1.92. The Morgan fingerprint density at radius 2 is 2.29 bits per heavy atom. The fourth-order valence-electron chi connectivity index (χ4n) is 3.41. The molecule has 1 unspecified atom stereocenters. The van der Waals surface area contributed by atoms with Gasteiger partial charge in [-0.05, 0) is 37.5 Å². The SMILES string of the molecule is Cc1nn(C)c(Cl)c1C1CCCN1C(=O)c1cccc(CC#N)c1. The predicted octanol–water partition coefficient (Wildman–Crippen LogP) is 3.43. The Bertz CT molecular complexity index is 821. The number of carbonyl (C=O) groups is 1. The van der Waals surface area contributed by atoms with Gasteiger partial charge in [-0.1, -0.05) is 23.7 Å². The summed E-state index contributed by atoms with van der Waals surface area (Å²) in [4.78, 5) is 14.9. The van der Waals surface area contributed by atoms with Gasteiger partial charge in [-0.15, -0.1) is 0 Å². The average molecular weight is 343 g/mol. The lowest BCUT2D eigenvalue weighted by atomic mass is 10.0. The van der Waals surface area contributed by atoms with Crippen LogP contribution in [0.1, 0.15) is 46.1 Å². The summed E-state index contributed by atoms with van der Waals surface area (Å²) in [7, 11) is 1.81. The summed E-state index contributed by atoms with van der Waals surface area (Å²) < 4.78 is 1.65. The van der Waals surface area contributed by atoms with Gasteiger partial charge < -0.3 is 4.90 Å². The van der Waals surface area contributed by atoms with E-state index in [9.17, 15) is 4.79 Å². The maximum absolute atomic E-state index is 13.0. The normalized spacial score (nSPS) is 17.1. The second kappa shape index (κ2) is 6.66. The Kier molecular flexibility index (Phi) is 4.59. The summed E-state index contributed by atoms with van der Waals surface area (Å²) in [5, 5.41) is 13.8. The number of carbonyl (C=O) groups excluding carboxylic acids is 1. The van der Waals surface area contributed by atoms with Gasteiger partial charge in [0, 0.05) is 24.7 Å². The largest absolute Gasteiger partial charge is 0.331 e. The number of amides is 1. The zero-order valence-corrected chi connectivity index (χ0v) is 14.5. The molecule has 24 heavy (non-hydrogen) atoms. The fraction of sp³-hybridized carbons (Fsp3) is 0.389. The summed E-state index contributed by atoms with van der Waals surface area (Å²) in [5.41, 5.74) is 3.28. The summed E-state index contributed by atoms with van der Waals surface area (Å²) in [6.45, 7) is 2.63. The van der Waals surface area contributed by atoms with Crippen LogP contribution in [-0.2, 0) is 13.5 Å². The van der Waals surface area contributed by atoms with Crippen LogP contribution in [0.4, 0.5) is 0 Å². The highest BCUT2D eigenvalue weighted by Crippen LogP contribution is 2.38. The van der Waals surface area contributed by atoms with Crippen molar-refractivity contribution in [1.82, 2.24) is 14.7 Å². The molecule has 2 aromatic rings. The quantitative estimate of drug-likeness (QED) is 0.858. The zero-order valence-electron chi connectivity index (χ0n) is 13.8. The van der Waals surface area contributed by atoms with Crippen molar-refractivity contribution in [2.24, 2.45) is 7.05 Å². The molecule has 1 aliphatic rings. The molecule has 1 fully saturated rings. The molecule has 1 aromatic carbocycles. The minimum absolute atomic E-state index is 0.0170. The van der Waals surface area contributed by atoms with E-state index in [-0.39, 0.29) is 11.9 Å². The predicted molar refractivity (Wildman–Crippen MR) is 91.7 cm³/mol. The topological polar surface area (TPSA) is 61.9 Å². The second-order valence-corrected chi connectivity index (χ2v) is 6.46. The van der Waals surface area contributed by atoms with Crippen LogP contribution in [0.25, 0.3) is 0 Å². The summed E-state index contributed by atoms with van der Waals surface area (Å²) in [6, 6.07) is 9.37. The van der Waals surface area contributed by atoms with Crippen molar-refractivity contribution in [1.29, 1.82) is 5.26 Å². The molecule has 1 atom stereocenters. The molecule has 2 heterocycles. The van der Waals surface area contributed by atoms with Gasteiger partial charge in [0.1, 0.15) is 5.15 Å². The standard InChI is InChI=1S/C18H19ClN4O/c1-12-16(17(19)22(2)21-12)15-7-4-10-23(15)18(24)14-6-3-5-13(11-14)8-9-20/h3,5-6,11,15H,4,7-8,10H2,1-2H3. The first kappa shape index (κ1) is 16.5. The monoisotopic (exact) mass is 342 g/mol. The van der Waals surface area contributed by atoms with E-state index < -0.39 is 0 Å². The van der Waals surface area contributed by atoms with E-state index in [0.717, 1.165) is 29.7 Å². The highest BCUT2D eigenvalue weighted by atomic mass is 35.5. The van der Waals surface area contributed by atoms with Gasteiger partial charge in [0.05, 0.1) is 24.2 Å². The van der Waals surface area contributed by atoms with Gasteiger partial charge in [-0.3, -0.25) is 9.48 Å². The number of nitrogens with zero attached hydrogens (tertiary/aromatic N) is 4. The number of halogens is 1. The smallest absolute Gasteiger partial charge is 0.254 e. The van der Waals surface area contributed by atoms with E-state index in [1.807, 2.05) is 31.0 Å². The van der Waals surface area contributed by atoms with E-state index in [4.69, 9.17) is 16.9 Å². The van der Waals surface area contributed by atoms with Crippen LogP contribution < -0.4 is 0 Å². The highest BCUT2D eigenvalue weighted by Gasteiger charge is 2.34. The molecule has 1 aromatic heterocycles. The Hall–Kier alpha value is -2.32. The van der Waals surface area contributed by atoms with E-state index in [2.05, 4.69) is 11.2 Å². The molecule has 124 valence electrons. The minimum atomic E-state index is -0.0432. The first-order valence-corrected chi connectivity index (χ1v) is 8.36. The number of nitriles is 1. The van der Waals surface area contributed by atoms with Gasteiger partial charge >= 0.3 is 0 Å². The number of aryl methyl sites for hydroxylation is 2. The van der Waals surface area contributed by atoms with Crippen molar-refractivity contribution in [3.05, 3.63) is 51.8 Å². The zero-order chi connectivity index (χ0) is 17.3. The molecule has 0 bridgehead atoms. The van der Waals surface area contributed by atoms with Crippen LogP contribution in [0, 0.1) is 18.3 Å². The minimum Gasteiger partial charge on any atom is -0.331 e. The van der Waals surface area contributed by atoms with Crippen LogP contribution in [0.5, 0.6) is 0 Å². The van der Waals surface area contributed by atoms with E-state index in [0.29, 0.717) is 23.7 Å². The number of rotatable bonds is 3. The van der Waals surface area contributed by atoms with Gasteiger partial charge in [0.2, 0.25) is 0 Å². The third-order valence-electron chi connectivity index (χ3n) is 4.50. The molecule has 1 saturated heterocycles. The van der Waals surface area contributed by atoms with Crippen molar-refractivity contribution in [2.75, 3.05) is 6.54 Å². The van der Waals surface area contributed by atoms with Crippen LogP contribution in [0.15, 0.2) is 24.3 Å². The van der Waals surface area contributed by atoms with Crippen molar-refractivity contribution in [2.45, 2.75) is 32.2 Å². The number of benzene rings is 1. The first-order chi connectivity index (χ1) is 11.5. The molecule has 0 aliphatic carbocycles. The highest BCUT2D eigenvalue weighted by molar-refractivity contribution is 6.30. The Morgan fingerprint density at radius 3 is 2.96 bits per heavy atom. The number of aromatic nitrogens is 2. The lowest BCUT2D eigenvalue weighted by Crippen LogP contribution is -2.31. The molecule has 0 spiro atoms. The van der Waals surface area contributed by atoms with E-state index >= 15 is 0 Å². The van der Waals surface area contributed by atoms with Crippen LogP contribution >= 0.6 is 11.6 Å². The molecule has 6 heteroatoms. The summed E-state index contributed by atoms with van der Waals surface area (Å²) in [5.74, 6) is -0.0170. The molecular weight excluding hydrogens is 324 g/mol. The lowest BCUT2D eigenvalue weighted by molar-refractivity contribution is 0.0735. The second-order valence-electron chi connectivity index (χ2n) is 6.11. The molecule has 5 nitrogen and oxygen atoms in total. The van der Waals surface area contributed by atoms with E-state index in [1.54, 1.807) is 16.8 Å². The molecule has 3 rings (SSSR count). The van der Waals surface area contributed by atoms with Gasteiger partial charge in [-0.2, -0.15) is 10.4 Å². The lowest BCUT2D eigenvalue weighted by Gasteiger charge is -2.25. The van der Waals surface area contributed by atoms with Crippen molar-refractivity contribution >= 4 is 17.5 Å². The maximum atomic E-state index is 13.0. The van der Waals surface area contributed by atoms with Crippen molar-refractivity contribution < 1.29 is 4.79 Å². The van der Waals surface area contributed by atoms with Gasteiger partial charge in [0.25, 0.3) is 5.91 Å². The van der Waals surface area contributed by atoms with Crippen molar-refractivity contribution in [3.63, 3.8) is 0 Å². The first-order valence-electron chi connectivity index (χ1n) is 7.98. The van der Waals surface area contributed by atoms with Gasteiger partial charge in [0.15, 0.2) is 0 Å². The summed E-state index contributed by atoms with van der Waals surface area (Å²) >= 11 is 6.40. The average Bonchev–Trinajstić information content (AvgIpc) is 3.12. The fourth-order valence-corrected chi connectivity index (χ4v) is 3.71. The number of likely N-dealkylation sites (tertiary alicyclic amines) is 1. The van der Waals surface area contributed by atoms with Crippen LogP contribution in [-0.4, -0.2) is 27.1 Å². The van der Waals surface area contributed by atoms with Crippen LogP contribution in [0.2, 0.25) is 5.15 Å². The third-order valence-corrected chi connectivity index (χ3v) is 4.95. The van der Waals surface area contributed by atoms with E-state index in [1.165, 1.54) is 0 Å². The van der Waals surface area contributed by atoms with Gasteiger partial charge in [-0.25, -0.2) is 0 Å². The Morgan fingerprint density at radius 1 is 1.50 bits per heavy atom. The number of hydrogen-bond acceptors (Lipinski definition) is 3. The summed E-state index contributed by atoms with van der Waals surface area (Å²) in [6.07, 6.45) is 2.13. The molecule has 0 saturated carbocycles. The number of hydrogen-bond donors (Lipinski definition) is 0. The molecular formula is C18H19ClN4O.